The first kappa shape index (κ1) is 19.5. The third-order valence-corrected chi connectivity index (χ3v) is 4.70. The number of ether oxygens (including phenoxy) is 2. The smallest absolute Gasteiger partial charge is 0.197 e. The highest BCUT2D eigenvalue weighted by Crippen LogP contribution is 2.26. The molecule has 2 heteroatoms. The second-order valence-corrected chi connectivity index (χ2v) is 7.14. The lowest BCUT2D eigenvalue weighted by atomic mass is 9.97. The van der Waals surface area contributed by atoms with Crippen LogP contribution in [-0.2, 0) is 11.2 Å². The van der Waals surface area contributed by atoms with E-state index >= 15 is 0 Å². The molecule has 0 spiro atoms. The monoisotopic (exact) mass is 340 g/mol. The molecule has 2 rings (SSSR count). The Balaban J connectivity index is 1.86. The highest BCUT2D eigenvalue weighted by atomic mass is 16.7. The summed E-state index contributed by atoms with van der Waals surface area (Å²) in [7, 11) is 0. The second kappa shape index (κ2) is 9.05. The molecule has 2 atom stereocenters. The topological polar surface area (TPSA) is 18.5 Å². The molecule has 0 amide bonds. The zero-order chi connectivity index (χ0) is 18.4. The molecule has 0 aliphatic heterocycles. The van der Waals surface area contributed by atoms with Gasteiger partial charge in [0.1, 0.15) is 5.75 Å². The van der Waals surface area contributed by atoms with E-state index in [1.807, 2.05) is 6.92 Å². The van der Waals surface area contributed by atoms with Crippen LogP contribution >= 0.6 is 0 Å². The molecule has 0 fully saturated rings. The lowest BCUT2D eigenvalue weighted by Crippen LogP contribution is -2.18. The van der Waals surface area contributed by atoms with Gasteiger partial charge in [-0.15, -0.1) is 0 Å². The van der Waals surface area contributed by atoms with E-state index in [2.05, 4.69) is 71.0 Å². The minimum absolute atomic E-state index is 0.251. The normalized spacial score (nSPS) is 13.5. The van der Waals surface area contributed by atoms with Crippen molar-refractivity contribution in [3.05, 3.63) is 64.2 Å². The molecule has 0 aliphatic rings. The maximum Gasteiger partial charge on any atom is 0.197 e. The van der Waals surface area contributed by atoms with Gasteiger partial charge in [0.25, 0.3) is 0 Å². The Kier molecular flexibility index (Phi) is 7.07. The van der Waals surface area contributed by atoms with Crippen LogP contribution in [0.5, 0.6) is 5.75 Å². The molecule has 2 unspecified atom stereocenters. The van der Waals surface area contributed by atoms with Crippen LogP contribution in [0.15, 0.2) is 36.4 Å². The van der Waals surface area contributed by atoms with Gasteiger partial charge in [-0.25, -0.2) is 0 Å². The molecule has 2 nitrogen and oxygen atoms in total. The van der Waals surface area contributed by atoms with Crippen molar-refractivity contribution in [3.8, 4) is 5.75 Å². The van der Waals surface area contributed by atoms with Gasteiger partial charge in [0.2, 0.25) is 0 Å². The van der Waals surface area contributed by atoms with Gasteiger partial charge in [-0.3, -0.25) is 0 Å². The quantitative estimate of drug-likeness (QED) is 0.540. The van der Waals surface area contributed by atoms with Gasteiger partial charge in [0.15, 0.2) is 6.29 Å². The van der Waals surface area contributed by atoms with Crippen LogP contribution in [0.3, 0.4) is 0 Å². The van der Waals surface area contributed by atoms with E-state index in [4.69, 9.17) is 9.47 Å². The van der Waals surface area contributed by atoms with Crippen molar-refractivity contribution < 1.29 is 9.47 Å². The molecule has 0 saturated heterocycles. The molecule has 0 saturated carbocycles. The van der Waals surface area contributed by atoms with Crippen LogP contribution in [0.1, 0.15) is 60.9 Å². The fraction of sp³-hybridized carbons (Fsp3) is 0.478. The molecular formula is C23H32O2. The summed E-state index contributed by atoms with van der Waals surface area (Å²) in [6.07, 6.45) is 1.80. The maximum absolute atomic E-state index is 5.98. The van der Waals surface area contributed by atoms with Crippen molar-refractivity contribution in [1.29, 1.82) is 0 Å². The van der Waals surface area contributed by atoms with Crippen molar-refractivity contribution in [2.75, 3.05) is 6.61 Å². The van der Waals surface area contributed by atoms with Crippen LogP contribution in [0.25, 0.3) is 0 Å². The minimum Gasteiger partial charge on any atom is -0.465 e. The summed E-state index contributed by atoms with van der Waals surface area (Å²) in [4.78, 5) is 0. The second-order valence-electron chi connectivity index (χ2n) is 7.14. The van der Waals surface area contributed by atoms with Crippen LogP contribution in [0, 0.1) is 20.8 Å². The highest BCUT2D eigenvalue weighted by molar-refractivity contribution is 5.37. The number of rotatable bonds is 8. The molecule has 2 aromatic rings. The molecule has 0 radical (unpaired) electrons. The summed E-state index contributed by atoms with van der Waals surface area (Å²) >= 11 is 0. The number of aryl methyl sites for hydroxylation is 3. The standard InChI is InChI=1S/C23H32O2/c1-7-18(4)22-8-9-23(19(5)15-22)25-20(6)24-11-10-21-13-16(2)12-17(3)14-21/h8-9,12-15,18,20H,7,10-11H2,1-6H3. The SMILES string of the molecule is CCC(C)c1ccc(OC(C)OCCc2cc(C)cc(C)c2)c(C)c1. The van der Waals surface area contributed by atoms with E-state index in [9.17, 15) is 0 Å². The van der Waals surface area contributed by atoms with Crippen LogP contribution in [0.2, 0.25) is 0 Å². The summed E-state index contributed by atoms with van der Waals surface area (Å²) in [6.45, 7) is 13.5. The van der Waals surface area contributed by atoms with Gasteiger partial charge in [0, 0.05) is 0 Å². The predicted octanol–water partition coefficient (Wildman–Crippen LogP) is 6.11. The zero-order valence-corrected chi connectivity index (χ0v) is 16.6. The van der Waals surface area contributed by atoms with Crippen LogP contribution in [0.4, 0.5) is 0 Å². The Bertz CT molecular complexity index is 670. The summed E-state index contributed by atoms with van der Waals surface area (Å²) in [6, 6.07) is 13.1. The lowest BCUT2D eigenvalue weighted by Gasteiger charge is -2.18. The molecule has 0 bridgehead atoms. The van der Waals surface area contributed by atoms with Crippen LogP contribution in [-0.4, -0.2) is 12.9 Å². The Morgan fingerprint density at radius 1 is 0.920 bits per heavy atom. The molecule has 136 valence electrons. The average Bonchev–Trinajstić information content (AvgIpc) is 2.55. The number of benzene rings is 2. The molecule has 0 aromatic heterocycles. The summed E-state index contributed by atoms with van der Waals surface area (Å²) < 4.78 is 11.8. The van der Waals surface area contributed by atoms with E-state index in [1.54, 1.807) is 0 Å². The van der Waals surface area contributed by atoms with Crippen molar-refractivity contribution in [1.82, 2.24) is 0 Å². The van der Waals surface area contributed by atoms with E-state index < -0.39 is 0 Å². The first-order chi connectivity index (χ1) is 11.9. The van der Waals surface area contributed by atoms with Gasteiger partial charge in [-0.2, -0.15) is 0 Å². The first-order valence-electron chi connectivity index (χ1n) is 9.35. The third-order valence-electron chi connectivity index (χ3n) is 4.70. The van der Waals surface area contributed by atoms with Crippen molar-refractivity contribution in [2.45, 2.75) is 66.6 Å². The summed E-state index contributed by atoms with van der Waals surface area (Å²) in [5.41, 5.74) is 6.46. The number of hydrogen-bond donors (Lipinski definition) is 0. The Hall–Kier alpha value is -1.80. The maximum atomic E-state index is 5.98. The van der Waals surface area contributed by atoms with Crippen LogP contribution < -0.4 is 4.74 Å². The molecule has 0 aliphatic carbocycles. The first-order valence-corrected chi connectivity index (χ1v) is 9.35. The van der Waals surface area contributed by atoms with Crippen molar-refractivity contribution >= 4 is 0 Å². The van der Waals surface area contributed by atoms with Gasteiger partial charge in [0.05, 0.1) is 6.61 Å². The summed E-state index contributed by atoms with van der Waals surface area (Å²) in [5.74, 6) is 1.49. The van der Waals surface area contributed by atoms with E-state index in [-0.39, 0.29) is 6.29 Å². The molecule has 0 N–H and O–H groups in total. The van der Waals surface area contributed by atoms with Crippen molar-refractivity contribution in [3.63, 3.8) is 0 Å². The van der Waals surface area contributed by atoms with Gasteiger partial charge in [-0.05, 0) is 69.2 Å². The van der Waals surface area contributed by atoms with E-state index in [1.165, 1.54) is 27.8 Å². The molecular weight excluding hydrogens is 308 g/mol. The van der Waals surface area contributed by atoms with Gasteiger partial charge >= 0.3 is 0 Å². The van der Waals surface area contributed by atoms with Gasteiger partial charge < -0.3 is 9.47 Å². The third kappa shape index (κ3) is 5.89. The number of hydrogen-bond acceptors (Lipinski definition) is 2. The average molecular weight is 341 g/mol. The fourth-order valence-corrected chi connectivity index (χ4v) is 3.12. The highest BCUT2D eigenvalue weighted by Gasteiger charge is 2.10. The van der Waals surface area contributed by atoms with E-state index in [0.29, 0.717) is 12.5 Å². The fourth-order valence-electron chi connectivity index (χ4n) is 3.12. The Labute approximate surface area is 153 Å². The van der Waals surface area contributed by atoms with Gasteiger partial charge in [-0.1, -0.05) is 55.3 Å². The summed E-state index contributed by atoms with van der Waals surface area (Å²) in [5, 5.41) is 0. The molecule has 25 heavy (non-hydrogen) atoms. The minimum atomic E-state index is -0.251. The zero-order valence-electron chi connectivity index (χ0n) is 16.6. The molecule has 0 heterocycles. The Morgan fingerprint density at radius 2 is 1.60 bits per heavy atom. The largest absolute Gasteiger partial charge is 0.465 e. The lowest BCUT2D eigenvalue weighted by molar-refractivity contribution is -0.0657. The van der Waals surface area contributed by atoms with Crippen molar-refractivity contribution in [2.24, 2.45) is 0 Å². The predicted molar refractivity (Wildman–Crippen MR) is 106 cm³/mol. The molecule has 2 aromatic carbocycles. The van der Waals surface area contributed by atoms with E-state index in [0.717, 1.165) is 18.6 Å². The Morgan fingerprint density at radius 3 is 2.20 bits per heavy atom.